The van der Waals surface area contributed by atoms with Gasteiger partial charge in [0, 0.05) is 24.7 Å². The summed E-state index contributed by atoms with van der Waals surface area (Å²) >= 11 is 1.23. The van der Waals surface area contributed by atoms with E-state index in [9.17, 15) is 13.2 Å². The third kappa shape index (κ3) is 5.36. The quantitative estimate of drug-likeness (QED) is 0.609. The van der Waals surface area contributed by atoms with Crippen LogP contribution in [0.3, 0.4) is 0 Å². The van der Waals surface area contributed by atoms with Gasteiger partial charge in [-0.05, 0) is 37.5 Å². The topological polar surface area (TPSA) is 92.3 Å². The Morgan fingerprint density at radius 1 is 1.13 bits per heavy atom. The lowest BCUT2D eigenvalue weighted by Crippen LogP contribution is -2.39. The first kappa shape index (κ1) is 21.6. The first-order valence-corrected chi connectivity index (χ1v) is 12.6. The summed E-state index contributed by atoms with van der Waals surface area (Å²) in [5.41, 5.74) is 2.58. The molecule has 1 unspecified atom stereocenters. The molecule has 0 aliphatic carbocycles. The number of nitrogens with one attached hydrogen (secondary N) is 1. The van der Waals surface area contributed by atoms with E-state index in [0.29, 0.717) is 23.8 Å². The standard InChI is InChI=1S/C22H24N4O3S2/c1-16-9-11-19(12-10-16)23-20(27)22-25-24-21(30-22)18-8-5-13-26(14-18)31(28,29)15-17-6-3-2-4-7-17/h2-4,6-7,9-12,18H,5,8,13-15H2,1H3,(H,23,27). The fraction of sp³-hybridized carbons (Fsp3) is 0.318. The summed E-state index contributed by atoms with van der Waals surface area (Å²) in [6.07, 6.45) is 1.58. The summed E-state index contributed by atoms with van der Waals surface area (Å²) in [6, 6.07) is 16.7. The number of hydrogen-bond donors (Lipinski definition) is 1. The molecule has 162 valence electrons. The molecule has 4 rings (SSSR count). The zero-order valence-corrected chi connectivity index (χ0v) is 18.8. The van der Waals surface area contributed by atoms with Crippen molar-refractivity contribution in [1.82, 2.24) is 14.5 Å². The van der Waals surface area contributed by atoms with Gasteiger partial charge in [-0.3, -0.25) is 4.79 Å². The Balaban J connectivity index is 1.42. The van der Waals surface area contributed by atoms with E-state index < -0.39 is 10.0 Å². The largest absolute Gasteiger partial charge is 0.320 e. The van der Waals surface area contributed by atoms with Gasteiger partial charge in [-0.1, -0.05) is 59.4 Å². The van der Waals surface area contributed by atoms with Crippen molar-refractivity contribution in [3.8, 4) is 0 Å². The molecule has 2 aromatic carbocycles. The molecule has 1 fully saturated rings. The molecule has 0 spiro atoms. The Kier molecular flexibility index (Phi) is 6.45. The summed E-state index contributed by atoms with van der Waals surface area (Å²) in [4.78, 5) is 12.5. The van der Waals surface area contributed by atoms with Gasteiger partial charge >= 0.3 is 0 Å². The third-order valence-electron chi connectivity index (χ3n) is 5.26. The van der Waals surface area contributed by atoms with E-state index in [4.69, 9.17) is 0 Å². The summed E-state index contributed by atoms with van der Waals surface area (Å²) in [6.45, 7) is 2.85. The normalized spacial score (nSPS) is 17.4. The maximum absolute atomic E-state index is 12.9. The van der Waals surface area contributed by atoms with E-state index in [-0.39, 0.29) is 22.6 Å². The zero-order valence-electron chi connectivity index (χ0n) is 17.2. The average Bonchev–Trinajstić information content (AvgIpc) is 3.26. The zero-order chi connectivity index (χ0) is 21.8. The van der Waals surface area contributed by atoms with Crippen LogP contribution < -0.4 is 5.32 Å². The molecule has 7 nitrogen and oxygen atoms in total. The van der Waals surface area contributed by atoms with Gasteiger partial charge in [0.25, 0.3) is 5.91 Å². The number of carbonyl (C=O) groups excluding carboxylic acids is 1. The lowest BCUT2D eigenvalue weighted by Gasteiger charge is -2.30. The van der Waals surface area contributed by atoms with E-state index in [0.717, 1.165) is 24.0 Å². The fourth-order valence-corrected chi connectivity index (χ4v) is 6.06. The van der Waals surface area contributed by atoms with Crippen molar-refractivity contribution in [3.05, 3.63) is 75.7 Å². The fourth-order valence-electron chi connectivity index (χ4n) is 3.59. The van der Waals surface area contributed by atoms with E-state index in [1.807, 2.05) is 61.5 Å². The number of rotatable bonds is 6. The summed E-state index contributed by atoms with van der Waals surface area (Å²) in [5.74, 6) is -0.379. The van der Waals surface area contributed by atoms with E-state index in [1.165, 1.54) is 11.3 Å². The van der Waals surface area contributed by atoms with Crippen LogP contribution in [0.25, 0.3) is 0 Å². The Morgan fingerprint density at radius 3 is 2.61 bits per heavy atom. The molecule has 1 N–H and O–H groups in total. The number of benzene rings is 2. The second-order valence-corrected chi connectivity index (χ2v) is 10.7. The Bertz CT molecular complexity index is 1150. The highest BCUT2D eigenvalue weighted by molar-refractivity contribution is 7.88. The smallest absolute Gasteiger partial charge is 0.286 e. The number of aryl methyl sites for hydroxylation is 1. The van der Waals surface area contributed by atoms with Gasteiger partial charge in [0.1, 0.15) is 5.01 Å². The highest BCUT2D eigenvalue weighted by atomic mass is 32.2. The second kappa shape index (κ2) is 9.25. The van der Waals surface area contributed by atoms with Crippen LogP contribution in [0.4, 0.5) is 5.69 Å². The third-order valence-corrected chi connectivity index (χ3v) is 8.16. The molecule has 1 aromatic heterocycles. The molecule has 1 saturated heterocycles. The maximum Gasteiger partial charge on any atom is 0.286 e. The molecule has 2 heterocycles. The molecule has 1 aliphatic rings. The van der Waals surface area contributed by atoms with Crippen molar-refractivity contribution in [3.63, 3.8) is 0 Å². The number of hydrogen-bond acceptors (Lipinski definition) is 6. The van der Waals surface area contributed by atoms with Crippen molar-refractivity contribution in [2.24, 2.45) is 0 Å². The van der Waals surface area contributed by atoms with Gasteiger partial charge in [-0.25, -0.2) is 12.7 Å². The number of nitrogens with zero attached hydrogens (tertiary/aromatic N) is 3. The summed E-state index contributed by atoms with van der Waals surface area (Å²) in [5, 5.41) is 12.1. The maximum atomic E-state index is 12.9. The van der Waals surface area contributed by atoms with E-state index >= 15 is 0 Å². The molecule has 0 saturated carbocycles. The number of sulfonamides is 1. The lowest BCUT2D eigenvalue weighted by molar-refractivity contribution is 0.102. The Hall–Kier alpha value is -2.62. The minimum Gasteiger partial charge on any atom is -0.320 e. The molecule has 3 aromatic rings. The number of carbonyl (C=O) groups is 1. The molecule has 1 amide bonds. The minimum absolute atomic E-state index is 0.0130. The highest BCUT2D eigenvalue weighted by Crippen LogP contribution is 2.31. The first-order valence-electron chi connectivity index (χ1n) is 10.1. The lowest BCUT2D eigenvalue weighted by atomic mass is 10.0. The van der Waals surface area contributed by atoms with Crippen molar-refractivity contribution in [1.29, 1.82) is 0 Å². The molecular weight excluding hydrogens is 432 g/mol. The number of aromatic nitrogens is 2. The van der Waals surface area contributed by atoms with Crippen LogP contribution in [-0.2, 0) is 15.8 Å². The number of anilines is 1. The molecule has 0 radical (unpaired) electrons. The predicted molar refractivity (Wildman–Crippen MR) is 122 cm³/mol. The molecule has 1 aliphatic heterocycles. The van der Waals surface area contributed by atoms with Gasteiger partial charge in [0.15, 0.2) is 0 Å². The van der Waals surface area contributed by atoms with Crippen LogP contribution in [-0.4, -0.2) is 41.9 Å². The number of piperidine rings is 1. The average molecular weight is 457 g/mol. The molecular formula is C22H24N4O3S2. The molecule has 0 bridgehead atoms. The van der Waals surface area contributed by atoms with Crippen molar-refractivity contribution < 1.29 is 13.2 Å². The number of amides is 1. The van der Waals surface area contributed by atoms with Crippen LogP contribution in [0.2, 0.25) is 0 Å². The van der Waals surface area contributed by atoms with Gasteiger partial charge in [0.05, 0.1) is 5.75 Å². The van der Waals surface area contributed by atoms with Crippen molar-refractivity contribution in [2.45, 2.75) is 31.4 Å². The SMILES string of the molecule is Cc1ccc(NC(=O)c2nnc(C3CCCN(S(=O)(=O)Cc4ccccc4)C3)s2)cc1. The predicted octanol–water partition coefficient (Wildman–Crippen LogP) is 3.81. The summed E-state index contributed by atoms with van der Waals surface area (Å²) in [7, 11) is -3.42. The molecule has 1 atom stereocenters. The Labute approximate surface area is 186 Å². The van der Waals surface area contributed by atoms with Gasteiger partial charge in [-0.2, -0.15) is 0 Å². The van der Waals surface area contributed by atoms with Crippen LogP contribution >= 0.6 is 11.3 Å². The van der Waals surface area contributed by atoms with Crippen LogP contribution in [0.5, 0.6) is 0 Å². The Morgan fingerprint density at radius 2 is 1.87 bits per heavy atom. The van der Waals surface area contributed by atoms with E-state index in [1.54, 1.807) is 4.31 Å². The molecule has 31 heavy (non-hydrogen) atoms. The van der Waals surface area contributed by atoms with Crippen LogP contribution in [0.15, 0.2) is 54.6 Å². The minimum atomic E-state index is -3.42. The van der Waals surface area contributed by atoms with E-state index in [2.05, 4.69) is 15.5 Å². The summed E-state index contributed by atoms with van der Waals surface area (Å²) < 4.78 is 27.3. The van der Waals surface area contributed by atoms with Gasteiger partial charge < -0.3 is 5.32 Å². The van der Waals surface area contributed by atoms with Gasteiger partial charge in [-0.15, -0.1) is 10.2 Å². The van der Waals surface area contributed by atoms with Crippen molar-refractivity contribution in [2.75, 3.05) is 18.4 Å². The van der Waals surface area contributed by atoms with Crippen LogP contribution in [0.1, 0.15) is 44.7 Å². The first-order chi connectivity index (χ1) is 14.9. The van der Waals surface area contributed by atoms with Gasteiger partial charge in [0.2, 0.25) is 15.0 Å². The molecule has 9 heteroatoms. The van der Waals surface area contributed by atoms with Crippen LogP contribution in [0, 0.1) is 6.92 Å². The van der Waals surface area contributed by atoms with Crippen molar-refractivity contribution >= 4 is 33.0 Å². The second-order valence-electron chi connectivity index (χ2n) is 7.70. The highest BCUT2D eigenvalue weighted by Gasteiger charge is 2.32. The monoisotopic (exact) mass is 456 g/mol.